The van der Waals surface area contributed by atoms with E-state index in [1.807, 2.05) is 32.0 Å². The van der Waals surface area contributed by atoms with Crippen LogP contribution in [0.15, 0.2) is 24.3 Å². The third kappa shape index (κ3) is 3.33. The van der Waals surface area contributed by atoms with Crippen LogP contribution in [0.2, 0.25) is 0 Å². The topological polar surface area (TPSA) is 18.5 Å². The molecule has 2 heteroatoms. The van der Waals surface area contributed by atoms with Gasteiger partial charge in [0.1, 0.15) is 0 Å². The first-order valence-corrected chi connectivity index (χ1v) is 5.54. The third-order valence-corrected chi connectivity index (χ3v) is 2.17. The Bertz CT molecular complexity index is 278. The van der Waals surface area contributed by atoms with Crippen molar-refractivity contribution in [3.63, 3.8) is 0 Å². The highest BCUT2D eigenvalue weighted by Gasteiger charge is 2.16. The van der Waals surface area contributed by atoms with Gasteiger partial charge in [-0.05, 0) is 25.8 Å². The van der Waals surface area contributed by atoms with Crippen LogP contribution in [-0.2, 0) is 15.9 Å². The van der Waals surface area contributed by atoms with Crippen molar-refractivity contribution < 1.29 is 9.47 Å². The first-order chi connectivity index (χ1) is 7.33. The van der Waals surface area contributed by atoms with Gasteiger partial charge in [-0.15, -0.1) is 0 Å². The molecule has 1 aromatic carbocycles. The Hall–Kier alpha value is -0.860. The molecule has 0 saturated carbocycles. The minimum absolute atomic E-state index is 0.632. The van der Waals surface area contributed by atoms with Crippen molar-refractivity contribution in [1.29, 1.82) is 0 Å². The number of ether oxygens (including phenoxy) is 2. The van der Waals surface area contributed by atoms with E-state index in [2.05, 4.69) is 13.0 Å². The highest BCUT2D eigenvalue weighted by molar-refractivity contribution is 5.34. The van der Waals surface area contributed by atoms with E-state index in [-0.39, 0.29) is 0 Å². The summed E-state index contributed by atoms with van der Waals surface area (Å²) >= 11 is 0. The molecule has 0 atom stereocenters. The smallest absolute Gasteiger partial charge is 0.256 e. The van der Waals surface area contributed by atoms with E-state index in [0.29, 0.717) is 19.5 Å². The second-order valence-electron chi connectivity index (χ2n) is 3.16. The molecule has 0 aliphatic carbocycles. The lowest BCUT2D eigenvalue weighted by molar-refractivity contribution is -0.0165. The summed E-state index contributed by atoms with van der Waals surface area (Å²) in [7, 11) is 0. The van der Waals surface area contributed by atoms with Crippen LogP contribution in [0.3, 0.4) is 0 Å². The van der Waals surface area contributed by atoms with E-state index in [0.717, 1.165) is 12.0 Å². The van der Waals surface area contributed by atoms with Gasteiger partial charge < -0.3 is 9.47 Å². The molecule has 0 amide bonds. The van der Waals surface area contributed by atoms with E-state index >= 15 is 0 Å². The van der Waals surface area contributed by atoms with Gasteiger partial charge in [0.15, 0.2) is 0 Å². The minimum atomic E-state index is 0.632. The largest absolute Gasteiger partial charge is 0.342 e. The maximum Gasteiger partial charge on any atom is 0.256 e. The summed E-state index contributed by atoms with van der Waals surface area (Å²) in [4.78, 5) is 0. The zero-order valence-electron chi connectivity index (χ0n) is 9.75. The Morgan fingerprint density at radius 3 is 2.13 bits per heavy atom. The zero-order chi connectivity index (χ0) is 11.1. The van der Waals surface area contributed by atoms with E-state index in [1.54, 1.807) is 0 Å². The molecule has 1 rings (SSSR count). The van der Waals surface area contributed by atoms with Gasteiger partial charge in [0.2, 0.25) is 0 Å². The van der Waals surface area contributed by atoms with E-state index in [1.165, 1.54) is 5.56 Å². The van der Waals surface area contributed by atoms with Crippen molar-refractivity contribution in [2.75, 3.05) is 13.2 Å². The summed E-state index contributed by atoms with van der Waals surface area (Å²) in [5.74, 6) is 0. The van der Waals surface area contributed by atoms with Crippen LogP contribution >= 0.6 is 0 Å². The van der Waals surface area contributed by atoms with E-state index in [9.17, 15) is 0 Å². The van der Waals surface area contributed by atoms with Crippen molar-refractivity contribution in [2.24, 2.45) is 0 Å². The molecule has 2 nitrogen and oxygen atoms in total. The van der Waals surface area contributed by atoms with Crippen LogP contribution in [0.4, 0.5) is 0 Å². The van der Waals surface area contributed by atoms with Gasteiger partial charge in [-0.3, -0.25) is 0 Å². The molecule has 0 aliphatic heterocycles. The average Bonchev–Trinajstić information content (AvgIpc) is 2.29. The number of aryl methyl sites for hydroxylation is 1. The van der Waals surface area contributed by atoms with Gasteiger partial charge in [-0.1, -0.05) is 31.2 Å². The molecule has 0 heterocycles. The summed E-state index contributed by atoms with van der Waals surface area (Å²) < 4.78 is 11.0. The molecular weight excluding hydrogens is 188 g/mol. The fourth-order valence-corrected chi connectivity index (χ4v) is 1.49. The summed E-state index contributed by atoms with van der Waals surface area (Å²) in [6, 6.07) is 8.19. The molecule has 0 unspecified atom stereocenters. The number of rotatable bonds is 6. The minimum Gasteiger partial charge on any atom is -0.342 e. The molecule has 0 saturated heterocycles. The summed E-state index contributed by atoms with van der Waals surface area (Å²) in [6.45, 7) is 7.33. The Morgan fingerprint density at radius 2 is 1.60 bits per heavy atom. The first kappa shape index (κ1) is 12.2. The van der Waals surface area contributed by atoms with E-state index < -0.39 is 0 Å². The van der Waals surface area contributed by atoms with Gasteiger partial charge >= 0.3 is 0 Å². The number of hydrogen-bond acceptors (Lipinski definition) is 2. The second-order valence-corrected chi connectivity index (χ2v) is 3.16. The highest BCUT2D eigenvalue weighted by atomic mass is 16.7. The number of benzene rings is 1. The van der Waals surface area contributed by atoms with Gasteiger partial charge in [0, 0.05) is 18.8 Å². The molecular formula is C13H19O2. The van der Waals surface area contributed by atoms with Crippen LogP contribution < -0.4 is 0 Å². The Morgan fingerprint density at radius 1 is 1.00 bits per heavy atom. The monoisotopic (exact) mass is 207 g/mol. The van der Waals surface area contributed by atoms with Crippen molar-refractivity contribution in [3.8, 4) is 0 Å². The Kier molecular flexibility index (Phi) is 5.37. The molecule has 15 heavy (non-hydrogen) atoms. The average molecular weight is 207 g/mol. The maximum absolute atomic E-state index is 5.51. The van der Waals surface area contributed by atoms with Crippen molar-refractivity contribution >= 4 is 0 Å². The lowest BCUT2D eigenvalue weighted by Crippen LogP contribution is -2.11. The molecule has 0 aromatic heterocycles. The normalized spacial score (nSPS) is 10.9. The fraction of sp³-hybridized carbons (Fsp3) is 0.462. The van der Waals surface area contributed by atoms with Gasteiger partial charge in [-0.2, -0.15) is 0 Å². The third-order valence-electron chi connectivity index (χ3n) is 2.17. The van der Waals surface area contributed by atoms with Crippen LogP contribution in [0.1, 0.15) is 31.9 Å². The molecule has 0 bridgehead atoms. The first-order valence-electron chi connectivity index (χ1n) is 5.54. The molecule has 1 radical (unpaired) electrons. The maximum atomic E-state index is 5.51. The van der Waals surface area contributed by atoms with Crippen molar-refractivity contribution in [3.05, 3.63) is 41.7 Å². The molecule has 0 fully saturated rings. The van der Waals surface area contributed by atoms with Crippen LogP contribution in [0.25, 0.3) is 0 Å². The van der Waals surface area contributed by atoms with Gasteiger partial charge in [0.05, 0.1) is 0 Å². The summed E-state index contributed by atoms with van der Waals surface area (Å²) in [5.41, 5.74) is 2.33. The van der Waals surface area contributed by atoms with Crippen molar-refractivity contribution in [1.82, 2.24) is 0 Å². The number of hydrogen-bond donors (Lipinski definition) is 0. The molecule has 0 N–H and O–H groups in total. The lowest BCUT2D eigenvalue weighted by Gasteiger charge is -2.17. The van der Waals surface area contributed by atoms with Crippen LogP contribution in [0.5, 0.6) is 0 Å². The second kappa shape index (κ2) is 6.59. The molecule has 0 aliphatic rings. The molecule has 83 valence electrons. The summed E-state index contributed by atoms with van der Waals surface area (Å²) in [5, 5.41) is 0. The zero-order valence-corrected chi connectivity index (χ0v) is 9.75. The lowest BCUT2D eigenvalue weighted by atomic mass is 10.1. The quantitative estimate of drug-likeness (QED) is 0.713. The Balaban J connectivity index is 2.88. The van der Waals surface area contributed by atoms with Crippen LogP contribution in [-0.4, -0.2) is 13.2 Å². The van der Waals surface area contributed by atoms with Crippen LogP contribution in [0, 0.1) is 6.29 Å². The van der Waals surface area contributed by atoms with Gasteiger partial charge in [0.25, 0.3) is 6.29 Å². The SMILES string of the molecule is CCO[C](OCC)c1ccccc1CC. The molecule has 1 aromatic rings. The predicted octanol–water partition coefficient (Wildman–Crippen LogP) is 3.16. The van der Waals surface area contributed by atoms with Crippen molar-refractivity contribution in [2.45, 2.75) is 27.2 Å². The highest BCUT2D eigenvalue weighted by Crippen LogP contribution is 2.22. The fourth-order valence-electron chi connectivity index (χ4n) is 1.49. The standard InChI is InChI=1S/C13H19O2/c1-4-11-9-7-8-10-12(11)13(14-5-2)15-6-3/h7-10H,4-6H2,1-3H3. The predicted molar refractivity (Wildman–Crippen MR) is 61.4 cm³/mol. The Labute approximate surface area is 92.2 Å². The van der Waals surface area contributed by atoms with Gasteiger partial charge in [-0.25, -0.2) is 0 Å². The van der Waals surface area contributed by atoms with E-state index in [4.69, 9.17) is 9.47 Å². The molecule has 0 spiro atoms. The summed E-state index contributed by atoms with van der Waals surface area (Å²) in [6.07, 6.45) is 1.64.